The van der Waals surface area contributed by atoms with E-state index in [0.29, 0.717) is 0 Å². The highest BCUT2D eigenvalue weighted by Gasteiger charge is 2.18. The molecule has 46 heavy (non-hydrogen) atoms. The highest BCUT2D eigenvalue weighted by atomic mass is 14.2. The maximum Gasteiger partial charge on any atom is -0.00199 e. The summed E-state index contributed by atoms with van der Waals surface area (Å²) >= 11 is 0. The normalized spacial score (nSPS) is 12.3. The van der Waals surface area contributed by atoms with E-state index in [4.69, 9.17) is 0 Å². The van der Waals surface area contributed by atoms with Gasteiger partial charge in [-0.05, 0) is 133 Å². The monoisotopic (exact) mass is 578 g/mol. The summed E-state index contributed by atoms with van der Waals surface area (Å²) in [5, 5.41) is 21.4. The van der Waals surface area contributed by atoms with Gasteiger partial charge in [0.25, 0.3) is 0 Å². The molecule has 0 saturated carbocycles. The zero-order chi connectivity index (χ0) is 29.9. The lowest BCUT2D eigenvalue weighted by Gasteiger charge is -2.11. The van der Waals surface area contributed by atoms with E-state index in [-0.39, 0.29) is 0 Å². The first kappa shape index (κ1) is 24.4. The molecule has 0 aromatic heterocycles. The van der Waals surface area contributed by atoms with E-state index in [1.54, 1.807) is 0 Å². The SMILES string of the molecule is c1ccc(-c2ccccc2-c2ccc3c(c2)c2cc4c5cc6c(cc5ccc4c4cccc3c42)c2cccc3cccc6c32)cc1. The minimum absolute atomic E-state index is 1.24. The number of fused-ring (bicyclic) bond motifs is 10. The topological polar surface area (TPSA) is 0 Å². The molecule has 11 aromatic rings. The summed E-state index contributed by atoms with van der Waals surface area (Å²) < 4.78 is 0. The van der Waals surface area contributed by atoms with Crippen LogP contribution in [0.4, 0.5) is 0 Å². The van der Waals surface area contributed by atoms with Crippen LogP contribution in [0.3, 0.4) is 0 Å². The van der Waals surface area contributed by atoms with E-state index >= 15 is 0 Å². The minimum Gasteiger partial charge on any atom is -0.0622 e. The fourth-order valence-electron chi connectivity index (χ4n) is 8.52. The van der Waals surface area contributed by atoms with Gasteiger partial charge in [-0.1, -0.05) is 133 Å². The minimum atomic E-state index is 1.24. The molecule has 210 valence electrons. The van der Waals surface area contributed by atoms with Crippen LogP contribution in [0.2, 0.25) is 0 Å². The molecule has 0 radical (unpaired) electrons. The first-order valence-electron chi connectivity index (χ1n) is 16.1. The van der Waals surface area contributed by atoms with Crippen LogP contribution in [0.1, 0.15) is 0 Å². The maximum absolute atomic E-state index is 2.48. The second kappa shape index (κ2) is 8.81. The van der Waals surface area contributed by atoms with Gasteiger partial charge in [-0.15, -0.1) is 0 Å². The average Bonchev–Trinajstić information content (AvgIpc) is 3.61. The Morgan fingerprint density at radius 3 is 1.50 bits per heavy atom. The van der Waals surface area contributed by atoms with Crippen LogP contribution in [-0.2, 0) is 0 Å². The second-order valence-electron chi connectivity index (χ2n) is 12.8. The van der Waals surface area contributed by atoms with E-state index in [0.717, 1.165) is 0 Å². The van der Waals surface area contributed by atoms with E-state index in [9.17, 15) is 0 Å². The van der Waals surface area contributed by atoms with Crippen molar-refractivity contribution in [1.29, 1.82) is 0 Å². The molecule has 0 unspecified atom stereocenters. The Bertz CT molecular complexity index is 3000. The van der Waals surface area contributed by atoms with Crippen molar-refractivity contribution in [3.05, 3.63) is 158 Å². The molecule has 0 amide bonds. The smallest absolute Gasteiger partial charge is 0.00199 e. The molecule has 11 rings (SSSR count). The van der Waals surface area contributed by atoms with Gasteiger partial charge in [0.2, 0.25) is 0 Å². The molecule has 0 bridgehead atoms. The van der Waals surface area contributed by atoms with Crippen molar-refractivity contribution in [3.8, 4) is 22.3 Å². The van der Waals surface area contributed by atoms with Gasteiger partial charge in [-0.3, -0.25) is 0 Å². The van der Waals surface area contributed by atoms with Gasteiger partial charge in [0.15, 0.2) is 0 Å². The molecule has 0 spiro atoms. The summed E-state index contributed by atoms with van der Waals surface area (Å²) in [5.41, 5.74) is 5.02. The third-order valence-corrected chi connectivity index (χ3v) is 10.5. The van der Waals surface area contributed by atoms with Gasteiger partial charge in [0.05, 0.1) is 0 Å². The van der Waals surface area contributed by atoms with Crippen LogP contribution in [-0.4, -0.2) is 0 Å². The number of hydrogen-bond acceptors (Lipinski definition) is 0. The number of benzene rings is 9. The van der Waals surface area contributed by atoms with Gasteiger partial charge >= 0.3 is 0 Å². The first-order valence-corrected chi connectivity index (χ1v) is 16.1. The van der Waals surface area contributed by atoms with Gasteiger partial charge < -0.3 is 0 Å². The third kappa shape index (κ3) is 3.13. The molecule has 0 aliphatic rings. The van der Waals surface area contributed by atoms with Crippen molar-refractivity contribution in [1.82, 2.24) is 0 Å². The van der Waals surface area contributed by atoms with Crippen LogP contribution >= 0.6 is 0 Å². The molecular weight excluding hydrogens is 553 g/mol. The summed E-state index contributed by atoms with van der Waals surface area (Å²) in [6.45, 7) is 0. The molecule has 0 heteroatoms. The lowest BCUT2D eigenvalue weighted by Crippen LogP contribution is -1.85. The Balaban J connectivity index is 1.24. The Morgan fingerprint density at radius 1 is 0.217 bits per heavy atom. The summed E-state index contributed by atoms with van der Waals surface area (Å²) in [5.74, 6) is 0. The predicted octanol–water partition coefficient (Wildman–Crippen LogP) is 13.1. The van der Waals surface area contributed by atoms with Gasteiger partial charge in [0, 0.05) is 0 Å². The average molecular weight is 579 g/mol. The zero-order valence-electron chi connectivity index (χ0n) is 25.0. The van der Waals surface area contributed by atoms with E-state index in [1.165, 1.54) is 108 Å². The molecule has 0 fully saturated rings. The zero-order valence-corrected chi connectivity index (χ0v) is 25.0. The van der Waals surface area contributed by atoms with Crippen molar-refractivity contribution < 1.29 is 0 Å². The number of hydrogen-bond donors (Lipinski definition) is 0. The molecular formula is C46H26. The van der Waals surface area contributed by atoms with Crippen molar-refractivity contribution >= 4 is 86.2 Å². The largest absolute Gasteiger partial charge is 0.0622 e. The summed E-state index contributed by atoms with van der Waals surface area (Å²) in [7, 11) is 0. The summed E-state index contributed by atoms with van der Waals surface area (Å²) in [4.78, 5) is 0. The fraction of sp³-hybridized carbons (Fsp3) is 0. The van der Waals surface area contributed by atoms with Crippen LogP contribution in [0, 0.1) is 0 Å². The highest BCUT2D eigenvalue weighted by Crippen LogP contribution is 2.46. The second-order valence-corrected chi connectivity index (χ2v) is 12.8. The molecule has 0 aliphatic heterocycles. The van der Waals surface area contributed by atoms with E-state index in [1.807, 2.05) is 0 Å². The lowest BCUT2D eigenvalue weighted by molar-refractivity contribution is 1.60. The Labute approximate surface area is 265 Å². The van der Waals surface area contributed by atoms with E-state index in [2.05, 4.69) is 158 Å². The molecule has 0 aliphatic carbocycles. The van der Waals surface area contributed by atoms with Crippen LogP contribution in [0.15, 0.2) is 158 Å². The molecule has 0 saturated heterocycles. The van der Waals surface area contributed by atoms with Gasteiger partial charge in [0.1, 0.15) is 0 Å². The van der Waals surface area contributed by atoms with Crippen molar-refractivity contribution in [2.24, 2.45) is 0 Å². The highest BCUT2D eigenvalue weighted by molar-refractivity contribution is 6.38. The molecule has 0 nitrogen and oxygen atoms in total. The third-order valence-electron chi connectivity index (χ3n) is 10.5. The molecule has 11 aromatic carbocycles. The summed E-state index contributed by atoms with van der Waals surface area (Å²) in [6, 6.07) is 58.9. The predicted molar refractivity (Wildman–Crippen MR) is 200 cm³/mol. The molecule has 0 atom stereocenters. The van der Waals surface area contributed by atoms with Crippen LogP contribution < -0.4 is 0 Å². The summed E-state index contributed by atoms with van der Waals surface area (Å²) in [6.07, 6.45) is 0. The molecule has 0 heterocycles. The maximum atomic E-state index is 2.48. The van der Waals surface area contributed by atoms with Crippen LogP contribution in [0.25, 0.3) is 108 Å². The Hall–Kier alpha value is -5.98. The van der Waals surface area contributed by atoms with E-state index < -0.39 is 0 Å². The Kier molecular flexibility index (Phi) is 4.66. The first-order chi connectivity index (χ1) is 22.8. The number of rotatable bonds is 2. The standard InChI is InChI=1S/C46H26/c1-2-9-27(10-3-1)31-13-4-5-14-32(31)29-19-21-33-35-17-8-18-36-34-22-20-30-24-41-37-15-6-11-28-12-7-16-38(45(28)37)43(41)25-39(30)42(34)26-44(46(35)36)40(33)23-29/h1-26H. The molecule has 0 N–H and O–H groups in total. The van der Waals surface area contributed by atoms with Gasteiger partial charge in [-0.2, -0.15) is 0 Å². The fourth-order valence-corrected chi connectivity index (χ4v) is 8.52. The van der Waals surface area contributed by atoms with Crippen molar-refractivity contribution in [2.75, 3.05) is 0 Å². The van der Waals surface area contributed by atoms with Crippen LogP contribution in [0.5, 0.6) is 0 Å². The lowest BCUT2D eigenvalue weighted by atomic mass is 9.93. The van der Waals surface area contributed by atoms with Crippen molar-refractivity contribution in [2.45, 2.75) is 0 Å². The quantitative estimate of drug-likeness (QED) is 0.179. The van der Waals surface area contributed by atoms with Crippen molar-refractivity contribution in [3.63, 3.8) is 0 Å². The Morgan fingerprint density at radius 2 is 0.761 bits per heavy atom. The van der Waals surface area contributed by atoms with Gasteiger partial charge in [-0.25, -0.2) is 0 Å².